The normalized spacial score (nSPS) is 21.5. The van der Waals surface area contributed by atoms with Crippen molar-refractivity contribution in [3.8, 4) is 0 Å². The molecule has 1 fully saturated rings. The molecule has 1 N–H and O–H groups in total. The van der Waals surface area contributed by atoms with Crippen molar-refractivity contribution in [1.82, 2.24) is 0 Å². The van der Waals surface area contributed by atoms with Gasteiger partial charge in [-0.1, -0.05) is 93.2 Å². The summed E-state index contributed by atoms with van der Waals surface area (Å²) in [7, 11) is 0. The minimum atomic E-state index is -0.743. The lowest BCUT2D eigenvalue weighted by Crippen LogP contribution is -2.61. The van der Waals surface area contributed by atoms with Gasteiger partial charge in [0.25, 0.3) is 0 Å². The SMILES string of the molecule is CC(C)=CCC/C(C)=C/COC1O[C@H](CO)[C@H](OC/C=C(\C)CCC=C(C)C)[C@H](OC/C=C(\C)CCC=C(C)C)[C@H]1OC/C=C(\C)CCC=C(C)C. The summed E-state index contributed by atoms with van der Waals surface area (Å²) in [5.74, 6) is 0. The first-order valence-corrected chi connectivity index (χ1v) is 19.6. The van der Waals surface area contributed by atoms with Gasteiger partial charge in [0.05, 0.1) is 33.0 Å². The molecule has 0 saturated carbocycles. The number of aliphatic hydroxyl groups excluding tert-OH is 1. The van der Waals surface area contributed by atoms with Gasteiger partial charge in [0.15, 0.2) is 6.29 Å². The molecular weight excluding hydrogens is 649 g/mol. The summed E-state index contributed by atoms with van der Waals surface area (Å²) >= 11 is 0. The number of aliphatic hydroxyl groups is 1. The zero-order valence-electron chi connectivity index (χ0n) is 35.2. The van der Waals surface area contributed by atoms with Crippen molar-refractivity contribution >= 4 is 0 Å². The van der Waals surface area contributed by atoms with Gasteiger partial charge in [0.2, 0.25) is 0 Å². The van der Waals surface area contributed by atoms with Gasteiger partial charge in [-0.2, -0.15) is 0 Å². The van der Waals surface area contributed by atoms with Crippen molar-refractivity contribution in [2.45, 2.75) is 165 Å². The Kier molecular flexibility index (Phi) is 25.8. The summed E-state index contributed by atoms with van der Waals surface area (Å²) < 4.78 is 32.7. The molecule has 5 atom stereocenters. The Hall–Kier alpha value is -2.32. The Morgan fingerprint density at radius 3 is 1.06 bits per heavy atom. The maximum absolute atomic E-state index is 10.6. The number of ether oxygens (including phenoxy) is 5. The molecule has 1 aliphatic rings. The van der Waals surface area contributed by atoms with Gasteiger partial charge in [0.1, 0.15) is 24.4 Å². The van der Waals surface area contributed by atoms with E-state index >= 15 is 0 Å². The van der Waals surface area contributed by atoms with E-state index in [9.17, 15) is 5.11 Å². The van der Waals surface area contributed by atoms with Crippen LogP contribution in [-0.4, -0.2) is 68.8 Å². The van der Waals surface area contributed by atoms with Gasteiger partial charge in [-0.3, -0.25) is 0 Å². The Morgan fingerprint density at radius 1 is 0.423 bits per heavy atom. The smallest absolute Gasteiger partial charge is 0.187 e. The molecule has 1 heterocycles. The molecule has 1 unspecified atom stereocenters. The number of hydrogen-bond donors (Lipinski definition) is 1. The number of rotatable bonds is 25. The summed E-state index contributed by atoms with van der Waals surface area (Å²) in [6.07, 6.45) is 22.4. The van der Waals surface area contributed by atoms with E-state index in [2.05, 4.69) is 132 Å². The predicted octanol–water partition coefficient (Wildman–Crippen LogP) is 11.6. The molecule has 6 nitrogen and oxygen atoms in total. The second kappa shape index (κ2) is 28.2. The van der Waals surface area contributed by atoms with Crippen LogP contribution in [-0.2, 0) is 23.7 Å². The first kappa shape index (κ1) is 47.7. The van der Waals surface area contributed by atoms with Crippen LogP contribution < -0.4 is 0 Å². The highest BCUT2D eigenvalue weighted by molar-refractivity contribution is 5.06. The van der Waals surface area contributed by atoms with Crippen LogP contribution in [0.4, 0.5) is 0 Å². The van der Waals surface area contributed by atoms with Crippen molar-refractivity contribution in [3.05, 3.63) is 93.2 Å². The first-order valence-electron chi connectivity index (χ1n) is 19.6. The van der Waals surface area contributed by atoms with Crippen molar-refractivity contribution < 1.29 is 28.8 Å². The maximum Gasteiger partial charge on any atom is 0.187 e. The largest absolute Gasteiger partial charge is 0.394 e. The van der Waals surface area contributed by atoms with E-state index in [0.29, 0.717) is 26.4 Å². The van der Waals surface area contributed by atoms with Crippen LogP contribution in [0.2, 0.25) is 0 Å². The van der Waals surface area contributed by atoms with Gasteiger partial charge in [-0.05, 0) is 134 Å². The third-order valence-corrected chi connectivity index (χ3v) is 8.99. The van der Waals surface area contributed by atoms with Crippen LogP contribution in [0.5, 0.6) is 0 Å². The highest BCUT2D eigenvalue weighted by atomic mass is 16.7. The first-order chi connectivity index (χ1) is 24.7. The van der Waals surface area contributed by atoms with Gasteiger partial charge >= 0.3 is 0 Å². The molecule has 6 heteroatoms. The molecule has 296 valence electrons. The van der Waals surface area contributed by atoms with Crippen molar-refractivity contribution in [2.75, 3.05) is 33.0 Å². The third-order valence-electron chi connectivity index (χ3n) is 8.99. The molecule has 0 aromatic carbocycles. The van der Waals surface area contributed by atoms with E-state index in [-0.39, 0.29) is 6.61 Å². The molecule has 0 bridgehead atoms. The molecule has 1 aliphatic heterocycles. The summed E-state index contributed by atoms with van der Waals surface area (Å²) in [6, 6.07) is 0. The molecular formula is C46H76O6. The van der Waals surface area contributed by atoms with E-state index < -0.39 is 30.7 Å². The van der Waals surface area contributed by atoms with E-state index in [1.54, 1.807) is 0 Å². The van der Waals surface area contributed by atoms with Gasteiger partial charge in [-0.15, -0.1) is 0 Å². The predicted molar refractivity (Wildman–Crippen MR) is 221 cm³/mol. The van der Waals surface area contributed by atoms with Crippen LogP contribution in [0.1, 0.15) is 134 Å². The summed E-state index contributed by atoms with van der Waals surface area (Å²) in [5.41, 5.74) is 10.4. The van der Waals surface area contributed by atoms with Crippen LogP contribution in [0.15, 0.2) is 93.2 Å². The maximum atomic E-state index is 10.6. The molecule has 0 aromatic heterocycles. The highest BCUT2D eigenvalue weighted by Gasteiger charge is 2.48. The third kappa shape index (κ3) is 22.7. The van der Waals surface area contributed by atoms with Crippen LogP contribution in [0.25, 0.3) is 0 Å². The van der Waals surface area contributed by atoms with Crippen LogP contribution >= 0.6 is 0 Å². The zero-order chi connectivity index (χ0) is 38.9. The zero-order valence-corrected chi connectivity index (χ0v) is 35.2. The van der Waals surface area contributed by atoms with E-state index in [1.807, 2.05) is 0 Å². The standard InChI is InChI=1S/C46H76O6/c1-34(2)17-13-21-38(9)25-29-48-43-42(33-47)52-46(51-32-28-41(12)24-16-20-37(7)8)45(50-31-27-40(11)23-15-19-36(5)6)44(43)49-30-26-39(10)22-14-18-35(3)4/h17-20,25-28,42-47H,13-16,21-24,29-33H2,1-12H3/b38-25+,39-26+,40-27+,41-28+/t42-,43+,44+,45-,46?/m1/s1. The van der Waals surface area contributed by atoms with Crippen molar-refractivity contribution in [3.63, 3.8) is 0 Å². The van der Waals surface area contributed by atoms with Gasteiger partial charge < -0.3 is 28.8 Å². The molecule has 0 amide bonds. The lowest BCUT2D eigenvalue weighted by atomic mass is 9.98. The Morgan fingerprint density at radius 2 is 0.731 bits per heavy atom. The summed E-state index contributed by atoms with van der Waals surface area (Å²) in [6.45, 7) is 26.9. The number of hydrogen-bond acceptors (Lipinski definition) is 6. The molecule has 1 rings (SSSR count). The van der Waals surface area contributed by atoms with Crippen molar-refractivity contribution in [1.29, 1.82) is 0 Å². The molecule has 0 radical (unpaired) electrons. The Labute approximate surface area is 319 Å². The van der Waals surface area contributed by atoms with Crippen molar-refractivity contribution in [2.24, 2.45) is 0 Å². The van der Waals surface area contributed by atoms with Crippen LogP contribution in [0, 0.1) is 0 Å². The van der Waals surface area contributed by atoms with Gasteiger partial charge in [-0.25, -0.2) is 0 Å². The average Bonchev–Trinajstić information content (AvgIpc) is 3.05. The molecule has 0 aliphatic carbocycles. The fourth-order valence-electron chi connectivity index (χ4n) is 5.68. The molecule has 0 aromatic rings. The second-order valence-corrected chi connectivity index (χ2v) is 15.4. The quantitative estimate of drug-likeness (QED) is 0.0946. The lowest BCUT2D eigenvalue weighted by Gasteiger charge is -2.45. The Balaban J connectivity index is 3.38. The summed E-state index contributed by atoms with van der Waals surface area (Å²) in [5, 5.41) is 10.6. The van der Waals surface area contributed by atoms with E-state index in [0.717, 1.165) is 51.4 Å². The van der Waals surface area contributed by atoms with E-state index in [4.69, 9.17) is 23.7 Å². The van der Waals surface area contributed by atoms with Gasteiger partial charge in [0, 0.05) is 0 Å². The minimum Gasteiger partial charge on any atom is -0.394 e. The summed E-state index contributed by atoms with van der Waals surface area (Å²) in [4.78, 5) is 0. The minimum absolute atomic E-state index is 0.223. The topological polar surface area (TPSA) is 66.4 Å². The second-order valence-electron chi connectivity index (χ2n) is 15.4. The lowest BCUT2D eigenvalue weighted by molar-refractivity contribution is -0.316. The molecule has 1 saturated heterocycles. The molecule has 52 heavy (non-hydrogen) atoms. The number of allylic oxidation sites excluding steroid dienone is 12. The fourth-order valence-corrected chi connectivity index (χ4v) is 5.68. The molecule has 0 spiro atoms. The Bertz CT molecular complexity index is 1240. The van der Waals surface area contributed by atoms with Crippen LogP contribution in [0.3, 0.4) is 0 Å². The fraction of sp³-hybridized carbons (Fsp3) is 0.652. The highest BCUT2D eigenvalue weighted by Crippen LogP contribution is 2.30. The monoisotopic (exact) mass is 725 g/mol. The van der Waals surface area contributed by atoms with E-state index in [1.165, 1.54) is 44.6 Å². The average molecular weight is 725 g/mol.